The van der Waals surface area contributed by atoms with Gasteiger partial charge in [-0.05, 0) is 40.7 Å². The molecule has 0 amide bonds. The first-order valence-electron chi connectivity index (χ1n) is 6.01. The number of nitrogens with one attached hydrogen (secondary N) is 1. The molecule has 1 rings (SSSR count). The third-order valence-corrected chi connectivity index (χ3v) is 5.82. The van der Waals surface area contributed by atoms with E-state index in [1.54, 1.807) is 18.2 Å². The maximum Gasteiger partial charge on any atom is 0.216 e. The van der Waals surface area contributed by atoms with Crippen LogP contribution in [0.4, 0.5) is 0 Å². The van der Waals surface area contributed by atoms with Gasteiger partial charge in [0.05, 0.1) is 5.25 Å². The van der Waals surface area contributed by atoms with Crippen molar-refractivity contribution < 1.29 is 8.42 Å². The van der Waals surface area contributed by atoms with Gasteiger partial charge in [0.25, 0.3) is 0 Å². The standard InChI is InChI=1S/C11H24N2O2S/c1-10(2)16(14,15)13-8-6-5-7-11(13,3)9-12-4/h10,12H,5-9H2,1-4H3. The van der Waals surface area contributed by atoms with Crippen molar-refractivity contribution >= 4 is 10.0 Å². The van der Waals surface area contributed by atoms with E-state index in [1.807, 2.05) is 14.0 Å². The van der Waals surface area contributed by atoms with Gasteiger partial charge in [0, 0.05) is 18.6 Å². The van der Waals surface area contributed by atoms with E-state index < -0.39 is 10.0 Å². The van der Waals surface area contributed by atoms with Crippen LogP contribution < -0.4 is 5.32 Å². The molecule has 1 unspecified atom stereocenters. The molecule has 0 aromatic rings. The Morgan fingerprint density at radius 3 is 2.50 bits per heavy atom. The summed E-state index contributed by atoms with van der Waals surface area (Å²) in [4.78, 5) is 0. The van der Waals surface area contributed by atoms with Gasteiger partial charge in [-0.3, -0.25) is 0 Å². The molecule has 0 radical (unpaired) electrons. The minimum atomic E-state index is -3.14. The molecule has 1 heterocycles. The van der Waals surface area contributed by atoms with Crippen LogP contribution in [0.15, 0.2) is 0 Å². The summed E-state index contributed by atoms with van der Waals surface area (Å²) in [6, 6.07) is 0. The third kappa shape index (κ3) is 2.57. The van der Waals surface area contributed by atoms with Crippen LogP contribution in [0.3, 0.4) is 0 Å². The zero-order valence-electron chi connectivity index (χ0n) is 10.8. The van der Waals surface area contributed by atoms with E-state index in [0.717, 1.165) is 25.8 Å². The second kappa shape index (κ2) is 5.02. The lowest BCUT2D eigenvalue weighted by Crippen LogP contribution is -2.58. The fourth-order valence-corrected chi connectivity index (χ4v) is 4.06. The lowest BCUT2D eigenvalue weighted by atomic mass is 9.91. The average molecular weight is 248 g/mol. The zero-order chi connectivity index (χ0) is 12.4. The highest BCUT2D eigenvalue weighted by Gasteiger charge is 2.42. The first kappa shape index (κ1) is 13.9. The number of rotatable bonds is 4. The van der Waals surface area contributed by atoms with Gasteiger partial charge in [-0.25, -0.2) is 8.42 Å². The van der Waals surface area contributed by atoms with E-state index in [4.69, 9.17) is 0 Å². The van der Waals surface area contributed by atoms with Crippen LogP contribution in [0.5, 0.6) is 0 Å². The highest BCUT2D eigenvalue weighted by molar-refractivity contribution is 7.89. The highest BCUT2D eigenvalue weighted by Crippen LogP contribution is 2.31. The van der Waals surface area contributed by atoms with Gasteiger partial charge in [0.2, 0.25) is 10.0 Å². The summed E-state index contributed by atoms with van der Waals surface area (Å²) >= 11 is 0. The molecule has 1 fully saturated rings. The molecule has 0 spiro atoms. The fourth-order valence-electron chi connectivity index (χ4n) is 2.40. The summed E-state index contributed by atoms with van der Waals surface area (Å²) in [5.74, 6) is 0. The fraction of sp³-hybridized carbons (Fsp3) is 1.00. The summed E-state index contributed by atoms with van der Waals surface area (Å²) < 4.78 is 26.3. The summed E-state index contributed by atoms with van der Waals surface area (Å²) in [6.45, 7) is 6.94. The SMILES string of the molecule is CNCC1(C)CCCCN1S(=O)(=O)C(C)C. The molecular weight excluding hydrogens is 224 g/mol. The van der Waals surface area contributed by atoms with E-state index in [0.29, 0.717) is 6.54 Å². The topological polar surface area (TPSA) is 49.4 Å². The minimum absolute atomic E-state index is 0.254. The molecule has 0 bridgehead atoms. The van der Waals surface area contributed by atoms with Gasteiger partial charge in [-0.1, -0.05) is 6.42 Å². The first-order chi connectivity index (χ1) is 7.34. The molecule has 1 aliphatic heterocycles. The second-order valence-electron chi connectivity index (χ2n) is 5.15. The highest BCUT2D eigenvalue weighted by atomic mass is 32.2. The van der Waals surface area contributed by atoms with Crippen molar-refractivity contribution in [2.45, 2.75) is 50.8 Å². The van der Waals surface area contributed by atoms with Crippen molar-refractivity contribution in [2.75, 3.05) is 20.1 Å². The lowest BCUT2D eigenvalue weighted by Gasteiger charge is -2.44. The van der Waals surface area contributed by atoms with E-state index in [2.05, 4.69) is 5.32 Å². The molecule has 0 aromatic carbocycles. The molecule has 0 aromatic heterocycles. The lowest BCUT2D eigenvalue weighted by molar-refractivity contribution is 0.148. The molecule has 0 aliphatic carbocycles. The second-order valence-corrected chi connectivity index (χ2v) is 7.56. The Balaban J connectivity index is 2.99. The zero-order valence-corrected chi connectivity index (χ0v) is 11.6. The quantitative estimate of drug-likeness (QED) is 0.813. The van der Waals surface area contributed by atoms with E-state index in [9.17, 15) is 8.42 Å². The Labute approximate surface area is 99.5 Å². The van der Waals surface area contributed by atoms with Crippen LogP contribution >= 0.6 is 0 Å². The molecule has 0 saturated carbocycles. The number of sulfonamides is 1. The summed E-state index contributed by atoms with van der Waals surface area (Å²) in [5.41, 5.74) is -0.254. The largest absolute Gasteiger partial charge is 0.318 e. The van der Waals surface area contributed by atoms with Crippen LogP contribution in [-0.2, 0) is 10.0 Å². The van der Waals surface area contributed by atoms with E-state index >= 15 is 0 Å². The van der Waals surface area contributed by atoms with Crippen LogP contribution in [0.2, 0.25) is 0 Å². The van der Waals surface area contributed by atoms with Gasteiger partial charge in [0.1, 0.15) is 0 Å². The smallest absolute Gasteiger partial charge is 0.216 e. The van der Waals surface area contributed by atoms with Crippen molar-refractivity contribution in [1.29, 1.82) is 0 Å². The Bertz CT molecular complexity index is 323. The van der Waals surface area contributed by atoms with Gasteiger partial charge in [0.15, 0.2) is 0 Å². The molecule has 1 atom stereocenters. The predicted octanol–water partition coefficient (Wildman–Crippen LogP) is 1.19. The Morgan fingerprint density at radius 1 is 1.38 bits per heavy atom. The number of hydrogen-bond acceptors (Lipinski definition) is 3. The Morgan fingerprint density at radius 2 is 2.00 bits per heavy atom. The minimum Gasteiger partial charge on any atom is -0.318 e. The van der Waals surface area contributed by atoms with Crippen molar-refractivity contribution in [3.63, 3.8) is 0 Å². The van der Waals surface area contributed by atoms with Crippen molar-refractivity contribution in [3.8, 4) is 0 Å². The number of nitrogens with zero attached hydrogens (tertiary/aromatic N) is 1. The summed E-state index contributed by atoms with van der Waals surface area (Å²) in [7, 11) is -1.26. The van der Waals surface area contributed by atoms with Gasteiger partial charge >= 0.3 is 0 Å². The van der Waals surface area contributed by atoms with Crippen molar-refractivity contribution in [3.05, 3.63) is 0 Å². The number of likely N-dealkylation sites (N-methyl/N-ethyl adjacent to an activating group) is 1. The van der Waals surface area contributed by atoms with Gasteiger partial charge in [-0.2, -0.15) is 4.31 Å². The molecular formula is C11H24N2O2S. The molecule has 1 saturated heterocycles. The average Bonchev–Trinajstić information content (AvgIpc) is 2.17. The Hall–Kier alpha value is -0.130. The number of piperidine rings is 1. The van der Waals surface area contributed by atoms with Crippen LogP contribution in [0.25, 0.3) is 0 Å². The molecule has 96 valence electrons. The Kier molecular flexibility index (Phi) is 4.37. The van der Waals surface area contributed by atoms with Crippen LogP contribution in [0, 0.1) is 0 Å². The van der Waals surface area contributed by atoms with E-state index in [1.165, 1.54) is 0 Å². The third-order valence-electron chi connectivity index (χ3n) is 3.39. The molecule has 1 N–H and O–H groups in total. The van der Waals surface area contributed by atoms with Crippen LogP contribution in [-0.4, -0.2) is 43.6 Å². The predicted molar refractivity (Wildman–Crippen MR) is 66.9 cm³/mol. The molecule has 1 aliphatic rings. The summed E-state index contributed by atoms with van der Waals surface area (Å²) in [5, 5.41) is 2.78. The summed E-state index contributed by atoms with van der Waals surface area (Å²) in [6.07, 6.45) is 3.04. The van der Waals surface area contributed by atoms with Gasteiger partial charge in [-0.15, -0.1) is 0 Å². The maximum absolute atomic E-state index is 12.3. The van der Waals surface area contributed by atoms with E-state index in [-0.39, 0.29) is 10.8 Å². The maximum atomic E-state index is 12.3. The molecule has 4 nitrogen and oxygen atoms in total. The van der Waals surface area contributed by atoms with Crippen molar-refractivity contribution in [1.82, 2.24) is 9.62 Å². The monoisotopic (exact) mass is 248 g/mol. The normalized spacial score (nSPS) is 28.6. The first-order valence-corrected chi connectivity index (χ1v) is 7.51. The van der Waals surface area contributed by atoms with Crippen molar-refractivity contribution in [2.24, 2.45) is 0 Å². The molecule has 5 heteroatoms. The van der Waals surface area contributed by atoms with Crippen LogP contribution in [0.1, 0.15) is 40.0 Å². The number of hydrogen-bond donors (Lipinski definition) is 1. The molecule has 16 heavy (non-hydrogen) atoms. The van der Waals surface area contributed by atoms with Gasteiger partial charge < -0.3 is 5.32 Å².